The Bertz CT molecular complexity index is 190. The van der Waals surface area contributed by atoms with Crippen molar-refractivity contribution < 1.29 is 14.7 Å². The van der Waals surface area contributed by atoms with Crippen LogP contribution in [0.4, 0.5) is 0 Å². The van der Waals surface area contributed by atoms with Gasteiger partial charge in [0.05, 0.1) is 0 Å². The van der Waals surface area contributed by atoms with Crippen LogP contribution in [0.25, 0.3) is 0 Å². The topological polar surface area (TPSA) is 66.4 Å². The molecule has 2 atom stereocenters. The maximum atomic E-state index is 11.0. The highest BCUT2D eigenvalue weighted by atomic mass is 16.4. The van der Waals surface area contributed by atoms with Gasteiger partial charge in [0, 0.05) is 6.04 Å². The van der Waals surface area contributed by atoms with E-state index in [4.69, 9.17) is 5.11 Å². The molecule has 4 nitrogen and oxygen atoms in total. The summed E-state index contributed by atoms with van der Waals surface area (Å²) in [6, 6.07) is 0.123. The van der Waals surface area contributed by atoms with Gasteiger partial charge in [0.1, 0.15) is 5.92 Å². The van der Waals surface area contributed by atoms with E-state index < -0.39 is 11.9 Å². The molecule has 11 heavy (non-hydrogen) atoms. The number of carbonyl (C=O) groups excluding carboxylic acids is 1. The highest BCUT2D eigenvalue weighted by Crippen LogP contribution is 2.14. The van der Waals surface area contributed by atoms with E-state index >= 15 is 0 Å². The standard InChI is InChI=1S/C7H11NO3/c1-4-2-3-5(7(10)11)6(9)8-4/h4-5H,2-3H2,1H3,(H,8,9)(H,10,11). The molecular formula is C7H11NO3. The first kappa shape index (κ1) is 8.04. The molecule has 0 aromatic heterocycles. The summed E-state index contributed by atoms with van der Waals surface area (Å²) >= 11 is 0. The number of carboxylic acid groups (broad SMARTS) is 1. The molecule has 1 heterocycles. The van der Waals surface area contributed by atoms with E-state index in [0.29, 0.717) is 6.42 Å². The smallest absolute Gasteiger partial charge is 0.316 e. The van der Waals surface area contributed by atoms with E-state index in [1.807, 2.05) is 6.92 Å². The van der Waals surface area contributed by atoms with E-state index in [9.17, 15) is 9.59 Å². The minimum Gasteiger partial charge on any atom is -0.481 e. The summed E-state index contributed by atoms with van der Waals surface area (Å²) in [5.41, 5.74) is 0. The molecule has 1 saturated heterocycles. The highest BCUT2D eigenvalue weighted by molar-refractivity contribution is 5.97. The van der Waals surface area contributed by atoms with Crippen LogP contribution in [0.5, 0.6) is 0 Å². The predicted molar refractivity (Wildman–Crippen MR) is 38.0 cm³/mol. The molecule has 0 aromatic carbocycles. The molecule has 1 rings (SSSR count). The number of rotatable bonds is 1. The number of aliphatic carboxylic acids is 1. The number of hydrogen-bond donors (Lipinski definition) is 2. The van der Waals surface area contributed by atoms with Crippen molar-refractivity contribution in [3.63, 3.8) is 0 Å². The highest BCUT2D eigenvalue weighted by Gasteiger charge is 2.31. The lowest BCUT2D eigenvalue weighted by Gasteiger charge is -2.23. The molecule has 0 aliphatic carbocycles. The molecule has 2 N–H and O–H groups in total. The Hall–Kier alpha value is -1.06. The van der Waals surface area contributed by atoms with Crippen molar-refractivity contribution in [1.29, 1.82) is 0 Å². The van der Waals surface area contributed by atoms with Crippen molar-refractivity contribution in [2.45, 2.75) is 25.8 Å². The first-order valence-corrected chi connectivity index (χ1v) is 3.64. The zero-order chi connectivity index (χ0) is 8.43. The van der Waals surface area contributed by atoms with Crippen LogP contribution in [0.15, 0.2) is 0 Å². The van der Waals surface area contributed by atoms with Crippen LogP contribution in [-0.2, 0) is 9.59 Å². The number of carboxylic acids is 1. The molecule has 0 bridgehead atoms. The normalized spacial score (nSPS) is 31.2. The third kappa shape index (κ3) is 1.69. The third-order valence-corrected chi connectivity index (χ3v) is 1.89. The number of hydrogen-bond acceptors (Lipinski definition) is 2. The first-order valence-electron chi connectivity index (χ1n) is 3.64. The van der Waals surface area contributed by atoms with Gasteiger partial charge in [0.25, 0.3) is 0 Å². The number of carbonyl (C=O) groups is 2. The fraction of sp³-hybridized carbons (Fsp3) is 0.714. The molecule has 1 aliphatic rings. The minimum atomic E-state index is -1.02. The van der Waals surface area contributed by atoms with Crippen molar-refractivity contribution in [2.75, 3.05) is 0 Å². The second-order valence-corrected chi connectivity index (χ2v) is 2.88. The van der Waals surface area contributed by atoms with Gasteiger partial charge in [-0.2, -0.15) is 0 Å². The van der Waals surface area contributed by atoms with Crippen LogP contribution >= 0.6 is 0 Å². The van der Waals surface area contributed by atoms with E-state index in [1.54, 1.807) is 0 Å². The lowest BCUT2D eigenvalue weighted by molar-refractivity contribution is -0.148. The summed E-state index contributed by atoms with van der Waals surface area (Å²) in [6.45, 7) is 1.87. The zero-order valence-corrected chi connectivity index (χ0v) is 6.33. The fourth-order valence-corrected chi connectivity index (χ4v) is 1.20. The van der Waals surface area contributed by atoms with Crippen LogP contribution < -0.4 is 5.32 Å². The Kier molecular flexibility index (Phi) is 2.12. The summed E-state index contributed by atoms with van der Waals surface area (Å²) < 4.78 is 0. The van der Waals surface area contributed by atoms with E-state index in [0.717, 1.165) is 6.42 Å². The molecule has 1 aliphatic heterocycles. The molecule has 0 saturated carbocycles. The van der Waals surface area contributed by atoms with Gasteiger partial charge in [-0.1, -0.05) is 0 Å². The summed E-state index contributed by atoms with van der Waals surface area (Å²) in [5, 5.41) is 11.1. The van der Waals surface area contributed by atoms with Gasteiger partial charge in [0.15, 0.2) is 0 Å². The Morgan fingerprint density at radius 1 is 1.64 bits per heavy atom. The molecule has 0 radical (unpaired) electrons. The Balaban J connectivity index is 2.58. The summed E-state index contributed by atoms with van der Waals surface area (Å²) in [7, 11) is 0. The van der Waals surface area contributed by atoms with Crippen LogP contribution in [0, 0.1) is 5.92 Å². The van der Waals surface area contributed by atoms with Crippen molar-refractivity contribution in [3.05, 3.63) is 0 Å². The zero-order valence-electron chi connectivity index (χ0n) is 6.33. The van der Waals surface area contributed by atoms with Gasteiger partial charge in [-0.25, -0.2) is 0 Å². The number of nitrogens with one attached hydrogen (secondary N) is 1. The van der Waals surface area contributed by atoms with E-state index in [-0.39, 0.29) is 11.9 Å². The Morgan fingerprint density at radius 2 is 2.27 bits per heavy atom. The second kappa shape index (κ2) is 2.90. The number of piperidine rings is 1. The summed E-state index contributed by atoms with van der Waals surface area (Å²) in [4.78, 5) is 21.4. The first-order chi connectivity index (χ1) is 5.11. The lowest BCUT2D eigenvalue weighted by Crippen LogP contribution is -2.45. The molecule has 0 spiro atoms. The average Bonchev–Trinajstić information content (AvgIpc) is 1.85. The summed E-state index contributed by atoms with van der Waals surface area (Å²) in [6.07, 6.45) is 1.21. The van der Waals surface area contributed by atoms with Gasteiger partial charge in [-0.3, -0.25) is 9.59 Å². The van der Waals surface area contributed by atoms with Crippen LogP contribution in [0.3, 0.4) is 0 Å². The molecule has 1 fully saturated rings. The van der Waals surface area contributed by atoms with Gasteiger partial charge in [-0.15, -0.1) is 0 Å². The Morgan fingerprint density at radius 3 is 2.73 bits per heavy atom. The monoisotopic (exact) mass is 157 g/mol. The van der Waals surface area contributed by atoms with Crippen molar-refractivity contribution >= 4 is 11.9 Å². The van der Waals surface area contributed by atoms with Crippen LogP contribution in [0.1, 0.15) is 19.8 Å². The van der Waals surface area contributed by atoms with Crippen molar-refractivity contribution in [3.8, 4) is 0 Å². The van der Waals surface area contributed by atoms with Gasteiger partial charge in [0.2, 0.25) is 5.91 Å². The largest absolute Gasteiger partial charge is 0.481 e. The van der Waals surface area contributed by atoms with Gasteiger partial charge >= 0.3 is 5.97 Å². The van der Waals surface area contributed by atoms with E-state index in [2.05, 4.69) is 5.32 Å². The quantitative estimate of drug-likeness (QED) is 0.526. The second-order valence-electron chi connectivity index (χ2n) is 2.88. The fourth-order valence-electron chi connectivity index (χ4n) is 1.20. The van der Waals surface area contributed by atoms with Crippen LogP contribution in [-0.4, -0.2) is 23.0 Å². The molecule has 2 unspecified atom stereocenters. The average molecular weight is 157 g/mol. The maximum absolute atomic E-state index is 11.0. The Labute approximate surface area is 64.6 Å². The molecule has 1 amide bonds. The SMILES string of the molecule is CC1CCC(C(=O)O)C(=O)N1. The molecule has 62 valence electrons. The molecule has 0 aromatic rings. The minimum absolute atomic E-state index is 0.123. The van der Waals surface area contributed by atoms with Gasteiger partial charge in [-0.05, 0) is 19.8 Å². The maximum Gasteiger partial charge on any atom is 0.316 e. The summed E-state index contributed by atoms with van der Waals surface area (Å²) in [5.74, 6) is -2.20. The van der Waals surface area contributed by atoms with Crippen LogP contribution in [0.2, 0.25) is 0 Å². The van der Waals surface area contributed by atoms with E-state index in [1.165, 1.54) is 0 Å². The van der Waals surface area contributed by atoms with Gasteiger partial charge < -0.3 is 10.4 Å². The van der Waals surface area contributed by atoms with Crippen molar-refractivity contribution in [1.82, 2.24) is 5.32 Å². The third-order valence-electron chi connectivity index (χ3n) is 1.89. The predicted octanol–water partition coefficient (Wildman–Crippen LogP) is -0.0143. The molecule has 4 heteroatoms. The van der Waals surface area contributed by atoms with Crippen molar-refractivity contribution in [2.24, 2.45) is 5.92 Å². The number of amides is 1. The lowest BCUT2D eigenvalue weighted by atomic mass is 9.95. The molecular weight excluding hydrogens is 146 g/mol.